The third kappa shape index (κ3) is 4.16. The molecule has 0 fully saturated rings. The largest absolute Gasteiger partial charge is 0.478 e. The number of hydrogen-bond acceptors (Lipinski definition) is 2. The maximum absolute atomic E-state index is 10.2. The summed E-state index contributed by atoms with van der Waals surface area (Å²) in [6, 6.07) is 5.95. The Morgan fingerprint density at radius 2 is 2.33 bits per heavy atom. The van der Waals surface area contributed by atoms with Crippen LogP contribution in [0.1, 0.15) is 5.56 Å². The zero-order valence-corrected chi connectivity index (χ0v) is 9.91. The molecule has 0 saturated carbocycles. The van der Waals surface area contributed by atoms with Crippen LogP contribution in [0.15, 0.2) is 34.8 Å². The molecular formula is C11H12BrNO2. The topological polar surface area (TPSA) is 49.3 Å². The average molecular weight is 270 g/mol. The third-order valence-electron chi connectivity index (χ3n) is 1.80. The van der Waals surface area contributed by atoms with Gasteiger partial charge in [0.05, 0.1) is 0 Å². The molecule has 80 valence electrons. The van der Waals surface area contributed by atoms with Crippen molar-refractivity contribution in [3.8, 4) is 0 Å². The highest BCUT2D eigenvalue weighted by atomic mass is 79.9. The number of anilines is 1. The maximum Gasteiger partial charge on any atom is 0.328 e. The second kappa shape index (κ2) is 5.56. The van der Waals surface area contributed by atoms with Crippen LogP contribution in [0.5, 0.6) is 0 Å². The Hall–Kier alpha value is -1.29. The van der Waals surface area contributed by atoms with E-state index in [-0.39, 0.29) is 0 Å². The smallest absolute Gasteiger partial charge is 0.328 e. The highest BCUT2D eigenvalue weighted by Gasteiger charge is 1.97. The highest BCUT2D eigenvalue weighted by molar-refractivity contribution is 9.10. The molecule has 0 spiro atoms. The summed E-state index contributed by atoms with van der Waals surface area (Å²) in [4.78, 5) is 10.2. The molecule has 0 aromatic heterocycles. The summed E-state index contributed by atoms with van der Waals surface area (Å²) in [5.74, 6) is -0.931. The van der Waals surface area contributed by atoms with Crippen LogP contribution in [0.25, 0.3) is 0 Å². The molecular weight excluding hydrogens is 258 g/mol. The van der Waals surface area contributed by atoms with Crippen LogP contribution in [0.2, 0.25) is 0 Å². The number of hydrogen-bond donors (Lipinski definition) is 2. The van der Waals surface area contributed by atoms with E-state index in [1.54, 1.807) is 6.08 Å². The molecule has 0 bridgehead atoms. The fraction of sp³-hybridized carbons (Fsp3) is 0.182. The van der Waals surface area contributed by atoms with E-state index >= 15 is 0 Å². The second-order valence-electron chi connectivity index (χ2n) is 3.10. The van der Waals surface area contributed by atoms with Crippen molar-refractivity contribution < 1.29 is 9.90 Å². The number of halogens is 1. The van der Waals surface area contributed by atoms with Gasteiger partial charge in [0.2, 0.25) is 0 Å². The van der Waals surface area contributed by atoms with Crippen LogP contribution < -0.4 is 5.32 Å². The number of carboxylic acid groups (broad SMARTS) is 1. The van der Waals surface area contributed by atoms with Crippen molar-refractivity contribution in [3.63, 3.8) is 0 Å². The molecule has 1 aromatic rings. The van der Waals surface area contributed by atoms with Crippen molar-refractivity contribution >= 4 is 27.6 Å². The molecule has 1 aromatic carbocycles. The molecule has 3 nitrogen and oxygen atoms in total. The number of carboxylic acids is 1. The molecule has 0 heterocycles. The van der Waals surface area contributed by atoms with Crippen LogP contribution in [-0.4, -0.2) is 17.6 Å². The van der Waals surface area contributed by atoms with Gasteiger partial charge in [-0.2, -0.15) is 0 Å². The molecule has 15 heavy (non-hydrogen) atoms. The van der Waals surface area contributed by atoms with Crippen molar-refractivity contribution in [2.75, 3.05) is 11.9 Å². The van der Waals surface area contributed by atoms with Crippen LogP contribution in [0, 0.1) is 6.92 Å². The summed E-state index contributed by atoms with van der Waals surface area (Å²) in [5.41, 5.74) is 2.13. The molecule has 1 rings (SSSR count). The predicted molar refractivity (Wildman–Crippen MR) is 64.1 cm³/mol. The van der Waals surface area contributed by atoms with Gasteiger partial charge in [0.1, 0.15) is 0 Å². The maximum atomic E-state index is 10.2. The fourth-order valence-electron chi connectivity index (χ4n) is 1.09. The predicted octanol–water partition coefficient (Wildman–Crippen LogP) is 2.81. The summed E-state index contributed by atoms with van der Waals surface area (Å²) >= 11 is 3.43. The van der Waals surface area contributed by atoms with Gasteiger partial charge in [0.15, 0.2) is 0 Å². The third-order valence-corrected chi connectivity index (χ3v) is 2.45. The molecule has 0 amide bonds. The number of aliphatic carboxylic acids is 1. The van der Waals surface area contributed by atoms with Gasteiger partial charge in [0, 0.05) is 22.8 Å². The monoisotopic (exact) mass is 269 g/mol. The Morgan fingerprint density at radius 1 is 1.60 bits per heavy atom. The van der Waals surface area contributed by atoms with Crippen LogP contribution in [0.4, 0.5) is 5.69 Å². The van der Waals surface area contributed by atoms with E-state index in [9.17, 15) is 4.79 Å². The number of carbonyl (C=O) groups is 1. The van der Waals surface area contributed by atoms with Gasteiger partial charge in [-0.3, -0.25) is 0 Å². The minimum absolute atomic E-state index is 0.494. The molecule has 0 atom stereocenters. The van der Waals surface area contributed by atoms with Crippen LogP contribution in [-0.2, 0) is 4.79 Å². The Morgan fingerprint density at radius 3 is 2.93 bits per heavy atom. The lowest BCUT2D eigenvalue weighted by Crippen LogP contribution is -2.00. The molecule has 0 aliphatic carbocycles. The minimum Gasteiger partial charge on any atom is -0.478 e. The first-order valence-corrected chi connectivity index (χ1v) is 5.28. The van der Waals surface area contributed by atoms with E-state index in [2.05, 4.69) is 21.2 Å². The van der Waals surface area contributed by atoms with E-state index < -0.39 is 5.97 Å². The van der Waals surface area contributed by atoms with E-state index in [4.69, 9.17) is 5.11 Å². The zero-order valence-electron chi connectivity index (χ0n) is 8.33. The summed E-state index contributed by atoms with van der Waals surface area (Å²) in [7, 11) is 0. The van der Waals surface area contributed by atoms with Gasteiger partial charge in [-0.15, -0.1) is 0 Å². The van der Waals surface area contributed by atoms with Gasteiger partial charge >= 0.3 is 5.97 Å². The molecule has 0 radical (unpaired) electrons. The first kappa shape index (κ1) is 11.8. The Labute approximate surface area is 96.9 Å². The van der Waals surface area contributed by atoms with Crippen LogP contribution >= 0.6 is 15.9 Å². The summed E-state index contributed by atoms with van der Waals surface area (Å²) in [5, 5.41) is 11.5. The zero-order chi connectivity index (χ0) is 11.3. The Kier molecular flexibility index (Phi) is 4.37. The lowest BCUT2D eigenvalue weighted by molar-refractivity contribution is -0.131. The van der Waals surface area contributed by atoms with E-state index in [0.717, 1.165) is 16.2 Å². The highest BCUT2D eigenvalue weighted by Crippen LogP contribution is 2.22. The number of nitrogens with one attached hydrogen (secondary N) is 1. The van der Waals surface area contributed by atoms with Crippen molar-refractivity contribution in [1.29, 1.82) is 0 Å². The molecule has 0 saturated heterocycles. The summed E-state index contributed by atoms with van der Waals surface area (Å²) < 4.78 is 0.978. The lowest BCUT2D eigenvalue weighted by atomic mass is 10.2. The second-order valence-corrected chi connectivity index (χ2v) is 3.96. The van der Waals surface area contributed by atoms with Gasteiger partial charge in [-0.05, 0) is 40.5 Å². The van der Waals surface area contributed by atoms with Crippen molar-refractivity contribution in [1.82, 2.24) is 0 Å². The minimum atomic E-state index is -0.931. The molecule has 0 unspecified atom stereocenters. The normalized spacial score (nSPS) is 10.5. The molecule has 0 aliphatic heterocycles. The average Bonchev–Trinajstić information content (AvgIpc) is 2.14. The quantitative estimate of drug-likeness (QED) is 0.827. The molecule has 0 aliphatic rings. The van der Waals surface area contributed by atoms with Gasteiger partial charge in [0.25, 0.3) is 0 Å². The first-order chi connectivity index (χ1) is 7.09. The standard InChI is InChI=1S/C11H12BrNO2/c1-8-4-5-10(9(12)7-8)13-6-2-3-11(14)15/h2-5,7,13H,6H2,1H3,(H,14,15)/b3-2+. The summed E-state index contributed by atoms with van der Waals surface area (Å²) in [6.07, 6.45) is 2.68. The fourth-order valence-corrected chi connectivity index (χ4v) is 1.73. The van der Waals surface area contributed by atoms with Gasteiger partial charge in [-0.1, -0.05) is 12.1 Å². The first-order valence-electron chi connectivity index (χ1n) is 4.49. The molecule has 2 N–H and O–H groups in total. The van der Waals surface area contributed by atoms with Crippen molar-refractivity contribution in [2.24, 2.45) is 0 Å². The number of aryl methyl sites for hydroxylation is 1. The Balaban J connectivity index is 2.54. The Bertz CT molecular complexity index is 388. The van der Waals surface area contributed by atoms with Crippen LogP contribution in [0.3, 0.4) is 0 Å². The van der Waals surface area contributed by atoms with E-state index in [1.807, 2.05) is 25.1 Å². The SMILES string of the molecule is Cc1ccc(NC/C=C/C(=O)O)c(Br)c1. The number of benzene rings is 1. The van der Waals surface area contributed by atoms with Crippen molar-refractivity contribution in [3.05, 3.63) is 40.4 Å². The van der Waals surface area contributed by atoms with E-state index in [1.165, 1.54) is 5.56 Å². The molecule has 4 heteroatoms. The van der Waals surface area contributed by atoms with E-state index in [0.29, 0.717) is 6.54 Å². The lowest BCUT2D eigenvalue weighted by Gasteiger charge is -2.06. The van der Waals surface area contributed by atoms with Crippen molar-refractivity contribution in [2.45, 2.75) is 6.92 Å². The summed E-state index contributed by atoms with van der Waals surface area (Å²) in [6.45, 7) is 2.51. The number of rotatable bonds is 4. The van der Waals surface area contributed by atoms with Gasteiger partial charge in [-0.25, -0.2) is 4.79 Å². The van der Waals surface area contributed by atoms with Gasteiger partial charge < -0.3 is 10.4 Å².